The first kappa shape index (κ1) is 11.1. The Morgan fingerprint density at radius 3 is 2.28 bits per heavy atom. The molecule has 0 radical (unpaired) electrons. The second kappa shape index (κ2) is 4.03. The van der Waals surface area contributed by atoms with Crippen LogP contribution in [-0.4, -0.2) is 3.96 Å². The molecule has 0 spiro atoms. The van der Waals surface area contributed by atoms with Crippen LogP contribution in [0.25, 0.3) is 15.8 Å². The first-order valence-electron chi connectivity index (χ1n) is 5.24. The van der Waals surface area contributed by atoms with Gasteiger partial charge in [-0.1, -0.05) is 29.7 Å². The average Bonchev–Trinajstić information content (AvgIpc) is 2.68. The molecule has 2 aromatic carbocycles. The zero-order valence-corrected chi connectivity index (χ0v) is 9.88. The van der Waals surface area contributed by atoms with Crippen molar-refractivity contribution in [1.82, 2.24) is 3.96 Å². The Morgan fingerprint density at radius 2 is 1.61 bits per heavy atom. The van der Waals surface area contributed by atoms with Crippen LogP contribution in [0.1, 0.15) is 0 Å². The SMILES string of the molecule is O=c1c2ccccc2sn1-c1c(F)cccc1F. The summed E-state index contributed by atoms with van der Waals surface area (Å²) in [6, 6.07) is 10.4. The van der Waals surface area contributed by atoms with E-state index in [0.29, 0.717) is 10.1 Å². The van der Waals surface area contributed by atoms with Gasteiger partial charge in [0, 0.05) is 0 Å². The standard InChI is InChI=1S/C13H7F2NOS/c14-9-5-3-6-10(15)12(9)16-13(17)8-4-1-2-7-11(8)18-16/h1-7H. The van der Waals surface area contributed by atoms with Gasteiger partial charge in [0.15, 0.2) is 11.6 Å². The van der Waals surface area contributed by atoms with Gasteiger partial charge in [-0.2, -0.15) is 0 Å². The highest BCUT2D eigenvalue weighted by molar-refractivity contribution is 7.14. The van der Waals surface area contributed by atoms with E-state index in [0.717, 1.165) is 27.6 Å². The van der Waals surface area contributed by atoms with Crippen LogP contribution in [0, 0.1) is 11.6 Å². The van der Waals surface area contributed by atoms with Crippen LogP contribution in [0.5, 0.6) is 0 Å². The molecule has 0 unspecified atom stereocenters. The van der Waals surface area contributed by atoms with Gasteiger partial charge >= 0.3 is 0 Å². The van der Waals surface area contributed by atoms with Crippen molar-refractivity contribution in [2.75, 3.05) is 0 Å². The summed E-state index contributed by atoms with van der Waals surface area (Å²) < 4.78 is 29.1. The van der Waals surface area contributed by atoms with E-state index in [9.17, 15) is 13.6 Å². The predicted octanol–water partition coefficient (Wildman–Crippen LogP) is 3.33. The first-order chi connectivity index (χ1) is 8.68. The van der Waals surface area contributed by atoms with Gasteiger partial charge in [0.2, 0.25) is 0 Å². The minimum Gasteiger partial charge on any atom is -0.267 e. The summed E-state index contributed by atoms with van der Waals surface area (Å²) in [6.45, 7) is 0. The number of aromatic nitrogens is 1. The molecule has 3 rings (SSSR count). The molecule has 0 N–H and O–H groups in total. The summed E-state index contributed by atoms with van der Waals surface area (Å²) in [5.74, 6) is -1.49. The molecule has 0 aliphatic rings. The zero-order chi connectivity index (χ0) is 12.7. The van der Waals surface area contributed by atoms with Crippen LogP contribution >= 0.6 is 11.5 Å². The molecular weight excluding hydrogens is 256 g/mol. The Balaban J connectivity index is 2.39. The fraction of sp³-hybridized carbons (Fsp3) is 0. The Bertz CT molecular complexity index is 771. The summed E-state index contributed by atoms with van der Waals surface area (Å²) >= 11 is 1.03. The van der Waals surface area contributed by atoms with Crippen molar-refractivity contribution < 1.29 is 8.78 Å². The van der Waals surface area contributed by atoms with Crippen LogP contribution in [0.15, 0.2) is 47.3 Å². The van der Waals surface area contributed by atoms with Crippen LogP contribution in [0.3, 0.4) is 0 Å². The third-order valence-corrected chi connectivity index (χ3v) is 3.72. The molecule has 1 aromatic heterocycles. The summed E-state index contributed by atoms with van der Waals surface area (Å²) in [7, 11) is 0. The van der Waals surface area contributed by atoms with Crippen molar-refractivity contribution in [1.29, 1.82) is 0 Å². The van der Waals surface area contributed by atoms with E-state index < -0.39 is 17.2 Å². The van der Waals surface area contributed by atoms with Gasteiger partial charge in [-0.25, -0.2) is 12.7 Å². The number of halogens is 2. The lowest BCUT2D eigenvalue weighted by atomic mass is 10.2. The van der Waals surface area contributed by atoms with Gasteiger partial charge in [-0.15, -0.1) is 0 Å². The number of hydrogen-bond acceptors (Lipinski definition) is 2. The summed E-state index contributed by atoms with van der Waals surface area (Å²) in [4.78, 5) is 12.1. The molecule has 0 fully saturated rings. The highest BCUT2D eigenvalue weighted by Crippen LogP contribution is 2.23. The lowest BCUT2D eigenvalue weighted by Gasteiger charge is -2.02. The second-order valence-corrected chi connectivity index (χ2v) is 4.74. The van der Waals surface area contributed by atoms with Gasteiger partial charge in [0.25, 0.3) is 5.56 Å². The number of benzene rings is 2. The van der Waals surface area contributed by atoms with Crippen molar-refractivity contribution in [3.63, 3.8) is 0 Å². The fourth-order valence-corrected chi connectivity index (χ4v) is 2.84. The zero-order valence-electron chi connectivity index (χ0n) is 9.06. The second-order valence-electron chi connectivity index (χ2n) is 3.76. The van der Waals surface area contributed by atoms with Gasteiger partial charge in [0.05, 0.1) is 10.1 Å². The lowest BCUT2D eigenvalue weighted by molar-refractivity contribution is 0.572. The van der Waals surface area contributed by atoms with Crippen LogP contribution in [0.2, 0.25) is 0 Å². The van der Waals surface area contributed by atoms with E-state index >= 15 is 0 Å². The largest absolute Gasteiger partial charge is 0.273 e. The van der Waals surface area contributed by atoms with Crippen molar-refractivity contribution in [3.05, 3.63) is 64.5 Å². The van der Waals surface area contributed by atoms with Gasteiger partial charge < -0.3 is 0 Å². The maximum atomic E-state index is 13.7. The van der Waals surface area contributed by atoms with E-state index in [1.807, 2.05) is 0 Å². The van der Waals surface area contributed by atoms with E-state index in [1.165, 1.54) is 6.07 Å². The minimum atomic E-state index is -0.747. The monoisotopic (exact) mass is 263 g/mol. The van der Waals surface area contributed by atoms with Gasteiger partial charge in [0.1, 0.15) is 5.69 Å². The topological polar surface area (TPSA) is 22.0 Å². The molecule has 0 saturated heterocycles. The number of hydrogen-bond donors (Lipinski definition) is 0. The predicted molar refractivity (Wildman–Crippen MR) is 67.3 cm³/mol. The average molecular weight is 263 g/mol. The smallest absolute Gasteiger partial charge is 0.267 e. The van der Waals surface area contributed by atoms with Gasteiger partial charge in [-0.05, 0) is 24.3 Å². The van der Waals surface area contributed by atoms with E-state index in [4.69, 9.17) is 0 Å². The van der Waals surface area contributed by atoms with Crippen molar-refractivity contribution in [2.45, 2.75) is 0 Å². The third-order valence-electron chi connectivity index (χ3n) is 2.63. The molecule has 18 heavy (non-hydrogen) atoms. The number of rotatable bonds is 1. The molecule has 0 aliphatic heterocycles. The molecule has 2 nitrogen and oxygen atoms in total. The maximum absolute atomic E-state index is 13.7. The molecule has 1 heterocycles. The Morgan fingerprint density at radius 1 is 0.944 bits per heavy atom. The Hall–Kier alpha value is -2.01. The quantitative estimate of drug-likeness (QED) is 0.660. The normalized spacial score (nSPS) is 11.0. The first-order valence-corrected chi connectivity index (χ1v) is 6.01. The number of fused-ring (bicyclic) bond motifs is 1. The molecule has 0 atom stereocenters. The highest BCUT2D eigenvalue weighted by Gasteiger charge is 2.15. The molecule has 0 saturated carbocycles. The molecule has 5 heteroatoms. The van der Waals surface area contributed by atoms with E-state index in [2.05, 4.69) is 0 Å². The summed E-state index contributed by atoms with van der Waals surface area (Å²) in [6.07, 6.45) is 0. The molecule has 0 bridgehead atoms. The van der Waals surface area contributed by atoms with E-state index in [1.54, 1.807) is 24.3 Å². The van der Waals surface area contributed by atoms with E-state index in [-0.39, 0.29) is 5.69 Å². The molecule has 0 amide bonds. The molecule has 3 aromatic rings. The van der Waals surface area contributed by atoms with Gasteiger partial charge in [-0.3, -0.25) is 4.79 Å². The molecule has 0 aliphatic carbocycles. The Kier molecular flexibility index (Phi) is 2.48. The number of nitrogens with zero attached hydrogens (tertiary/aromatic N) is 1. The summed E-state index contributed by atoms with van der Waals surface area (Å²) in [5, 5.41) is 0.463. The Labute approximate surface area is 105 Å². The van der Waals surface area contributed by atoms with Crippen LogP contribution in [0.4, 0.5) is 8.78 Å². The number of para-hydroxylation sites is 1. The lowest BCUT2D eigenvalue weighted by Crippen LogP contribution is -2.13. The van der Waals surface area contributed by atoms with Crippen molar-refractivity contribution in [2.24, 2.45) is 0 Å². The minimum absolute atomic E-state index is 0.316. The summed E-state index contributed by atoms with van der Waals surface area (Å²) in [5.41, 5.74) is -0.719. The molecule has 90 valence electrons. The van der Waals surface area contributed by atoms with Crippen molar-refractivity contribution in [3.8, 4) is 5.69 Å². The molecular formula is C13H7F2NOS. The fourth-order valence-electron chi connectivity index (χ4n) is 1.80. The third kappa shape index (κ3) is 1.55. The maximum Gasteiger partial charge on any atom is 0.273 e. The van der Waals surface area contributed by atoms with Crippen LogP contribution < -0.4 is 5.56 Å². The highest BCUT2D eigenvalue weighted by atomic mass is 32.1. The van der Waals surface area contributed by atoms with Crippen LogP contribution in [-0.2, 0) is 0 Å². The van der Waals surface area contributed by atoms with Crippen molar-refractivity contribution >= 4 is 21.6 Å².